The Morgan fingerprint density at radius 2 is 1.83 bits per heavy atom. The number of hydrogen-bond acceptors (Lipinski definition) is 0. The van der Waals surface area contributed by atoms with E-state index >= 15 is 0 Å². The van der Waals surface area contributed by atoms with Gasteiger partial charge in [0.2, 0.25) is 0 Å². The maximum Gasteiger partial charge on any atom is 0.416 e. The number of rotatable bonds is 0. The molecule has 0 aromatic heterocycles. The first-order valence-corrected chi connectivity index (χ1v) is 3.62. The van der Waals surface area contributed by atoms with Gasteiger partial charge in [-0.3, -0.25) is 0 Å². The van der Waals surface area contributed by atoms with Crippen molar-refractivity contribution in [1.82, 2.24) is 0 Å². The van der Waals surface area contributed by atoms with Gasteiger partial charge in [-0.2, -0.15) is 13.2 Å². The first-order chi connectivity index (χ1) is 5.41. The van der Waals surface area contributed by atoms with Crippen LogP contribution in [-0.2, 0) is 6.18 Å². The zero-order valence-electron chi connectivity index (χ0n) is 6.24. The van der Waals surface area contributed by atoms with Crippen LogP contribution >= 0.6 is 11.6 Å². The molecule has 0 bridgehead atoms. The lowest BCUT2D eigenvalue weighted by Crippen LogP contribution is -2.09. The minimum absolute atomic E-state index is 0.143. The van der Waals surface area contributed by atoms with Crippen LogP contribution in [-0.4, -0.2) is 7.85 Å². The summed E-state index contributed by atoms with van der Waals surface area (Å²) in [5, 5.41) is 0.143. The third-order valence-electron chi connectivity index (χ3n) is 1.50. The number of benzene rings is 1. The minimum Gasteiger partial charge on any atom is -0.166 e. The third-order valence-corrected chi connectivity index (χ3v) is 1.91. The van der Waals surface area contributed by atoms with E-state index in [-0.39, 0.29) is 5.02 Å². The van der Waals surface area contributed by atoms with Crippen molar-refractivity contribution in [3.8, 4) is 0 Å². The molecule has 12 heavy (non-hydrogen) atoms. The van der Waals surface area contributed by atoms with E-state index in [2.05, 4.69) is 0 Å². The largest absolute Gasteiger partial charge is 0.416 e. The van der Waals surface area contributed by atoms with Crippen molar-refractivity contribution >= 4 is 24.9 Å². The summed E-state index contributed by atoms with van der Waals surface area (Å²) in [5.41, 5.74) is -0.0669. The van der Waals surface area contributed by atoms with Gasteiger partial charge >= 0.3 is 6.18 Å². The number of alkyl halides is 3. The van der Waals surface area contributed by atoms with Gasteiger partial charge in [0.25, 0.3) is 0 Å². The van der Waals surface area contributed by atoms with Crippen molar-refractivity contribution in [1.29, 1.82) is 0 Å². The Kier molecular flexibility index (Phi) is 2.37. The molecule has 0 N–H and O–H groups in total. The Balaban J connectivity index is 3.14. The zero-order valence-corrected chi connectivity index (χ0v) is 7.00. The summed E-state index contributed by atoms with van der Waals surface area (Å²) in [6.07, 6.45) is -4.31. The van der Waals surface area contributed by atoms with Gasteiger partial charge in [-0.15, -0.1) is 0 Å². The Morgan fingerprint density at radius 3 is 2.25 bits per heavy atom. The van der Waals surface area contributed by atoms with Gasteiger partial charge in [-0.25, -0.2) is 0 Å². The Morgan fingerprint density at radius 1 is 1.25 bits per heavy atom. The van der Waals surface area contributed by atoms with Gasteiger partial charge in [-0.1, -0.05) is 29.2 Å². The predicted octanol–water partition coefficient (Wildman–Crippen LogP) is 1.62. The lowest BCUT2D eigenvalue weighted by atomic mass is 9.95. The molecule has 0 aliphatic carbocycles. The molecule has 0 unspecified atom stereocenters. The molecule has 1 aromatic carbocycles. The fourth-order valence-corrected chi connectivity index (χ4v) is 0.950. The Labute approximate surface area is 73.7 Å². The maximum atomic E-state index is 12.0. The molecule has 0 aliphatic heterocycles. The second-order valence-electron chi connectivity index (χ2n) is 2.46. The first kappa shape index (κ1) is 9.45. The molecule has 64 valence electrons. The van der Waals surface area contributed by atoms with Crippen LogP contribution in [0, 0.1) is 0 Å². The Bertz CT molecular complexity index is 295. The van der Waals surface area contributed by atoms with E-state index in [4.69, 9.17) is 11.6 Å². The minimum atomic E-state index is -4.31. The van der Waals surface area contributed by atoms with E-state index in [1.54, 1.807) is 7.85 Å². The molecule has 0 saturated heterocycles. The van der Waals surface area contributed by atoms with Gasteiger partial charge in [0.1, 0.15) is 7.85 Å². The molecule has 0 radical (unpaired) electrons. The summed E-state index contributed by atoms with van der Waals surface area (Å²) in [6, 6.07) is 3.29. The van der Waals surface area contributed by atoms with Crippen molar-refractivity contribution in [2.24, 2.45) is 0 Å². The highest BCUT2D eigenvalue weighted by Gasteiger charge is 2.30. The van der Waals surface area contributed by atoms with Crippen LogP contribution < -0.4 is 5.46 Å². The van der Waals surface area contributed by atoms with Crippen LogP contribution in [0.2, 0.25) is 5.02 Å². The molecule has 0 aliphatic rings. The number of hydrogen-bond donors (Lipinski definition) is 0. The van der Waals surface area contributed by atoms with Crippen molar-refractivity contribution in [3.63, 3.8) is 0 Å². The van der Waals surface area contributed by atoms with E-state index < -0.39 is 11.7 Å². The molecule has 0 amide bonds. The topological polar surface area (TPSA) is 0 Å². The Hall–Kier alpha value is -0.635. The van der Waals surface area contributed by atoms with Crippen LogP contribution in [0.25, 0.3) is 0 Å². The summed E-state index contributed by atoms with van der Waals surface area (Å²) < 4.78 is 36.1. The SMILES string of the molecule is Bc1ccc(C(F)(F)F)cc1Cl. The molecule has 0 atom stereocenters. The molecular weight excluding hydrogens is 187 g/mol. The van der Waals surface area contributed by atoms with E-state index in [9.17, 15) is 13.2 Å². The van der Waals surface area contributed by atoms with Gasteiger partial charge in [0, 0.05) is 5.02 Å². The van der Waals surface area contributed by atoms with Crippen LogP contribution in [0.3, 0.4) is 0 Å². The summed E-state index contributed by atoms with van der Waals surface area (Å²) in [7, 11) is 1.66. The summed E-state index contributed by atoms with van der Waals surface area (Å²) >= 11 is 5.52. The lowest BCUT2D eigenvalue weighted by molar-refractivity contribution is -0.137. The molecule has 5 heteroatoms. The molecule has 0 saturated carbocycles. The van der Waals surface area contributed by atoms with Crippen molar-refractivity contribution in [2.45, 2.75) is 6.18 Å². The molecule has 0 spiro atoms. The smallest absolute Gasteiger partial charge is 0.166 e. The molecule has 0 heterocycles. The average molecular weight is 192 g/mol. The van der Waals surface area contributed by atoms with Crippen molar-refractivity contribution < 1.29 is 13.2 Å². The van der Waals surface area contributed by atoms with Crippen LogP contribution in [0.4, 0.5) is 13.2 Å². The molecule has 0 nitrogen and oxygen atoms in total. The highest BCUT2D eigenvalue weighted by atomic mass is 35.5. The molecular formula is C7H5BClF3. The summed E-state index contributed by atoms with van der Waals surface area (Å²) in [5.74, 6) is 0. The average Bonchev–Trinajstić information content (AvgIpc) is 1.92. The lowest BCUT2D eigenvalue weighted by Gasteiger charge is -2.07. The standard InChI is InChI=1S/C7H5BClF3/c8-5-2-1-4(3-6(5)9)7(10,11)12/h1-3H,8H2. The number of halogens is 4. The van der Waals surface area contributed by atoms with Crippen LogP contribution in [0.5, 0.6) is 0 Å². The molecule has 1 rings (SSSR count). The van der Waals surface area contributed by atoms with Gasteiger partial charge in [-0.05, 0) is 6.07 Å². The zero-order chi connectivity index (χ0) is 9.35. The van der Waals surface area contributed by atoms with Gasteiger partial charge < -0.3 is 0 Å². The first-order valence-electron chi connectivity index (χ1n) is 3.24. The summed E-state index contributed by atoms with van der Waals surface area (Å²) in [4.78, 5) is 0. The normalized spacial score (nSPS) is 11.7. The van der Waals surface area contributed by atoms with E-state index in [0.29, 0.717) is 5.46 Å². The second kappa shape index (κ2) is 3.01. The van der Waals surface area contributed by atoms with Gasteiger partial charge in [0.15, 0.2) is 0 Å². The maximum absolute atomic E-state index is 12.0. The fraction of sp³-hybridized carbons (Fsp3) is 0.143. The fourth-order valence-electron chi connectivity index (χ4n) is 0.769. The second-order valence-corrected chi connectivity index (χ2v) is 2.87. The monoisotopic (exact) mass is 192 g/mol. The highest BCUT2D eigenvalue weighted by molar-refractivity contribution is 6.45. The van der Waals surface area contributed by atoms with E-state index in [1.165, 1.54) is 6.07 Å². The van der Waals surface area contributed by atoms with Gasteiger partial charge in [0.05, 0.1) is 5.56 Å². The predicted molar refractivity (Wildman–Crippen MR) is 44.6 cm³/mol. The van der Waals surface area contributed by atoms with E-state index in [1.807, 2.05) is 0 Å². The summed E-state index contributed by atoms with van der Waals surface area (Å²) in [6.45, 7) is 0. The molecule has 1 aromatic rings. The van der Waals surface area contributed by atoms with Crippen LogP contribution in [0.15, 0.2) is 18.2 Å². The van der Waals surface area contributed by atoms with Crippen molar-refractivity contribution in [2.75, 3.05) is 0 Å². The molecule has 0 fully saturated rings. The van der Waals surface area contributed by atoms with E-state index in [0.717, 1.165) is 12.1 Å². The van der Waals surface area contributed by atoms with Crippen LogP contribution in [0.1, 0.15) is 5.56 Å². The third kappa shape index (κ3) is 1.94. The van der Waals surface area contributed by atoms with Crippen molar-refractivity contribution in [3.05, 3.63) is 28.8 Å². The quantitative estimate of drug-likeness (QED) is 0.548. The highest BCUT2D eigenvalue weighted by Crippen LogP contribution is 2.29.